The molecule has 0 spiro atoms. The van der Waals surface area contributed by atoms with Gasteiger partial charge in [0, 0.05) is 45.2 Å². The fourth-order valence-corrected chi connectivity index (χ4v) is 1.96. The zero-order valence-electron chi connectivity index (χ0n) is 11.5. The molecule has 0 aliphatic heterocycles. The Kier molecular flexibility index (Phi) is 7.57. The van der Waals surface area contributed by atoms with Crippen molar-refractivity contribution < 1.29 is 4.74 Å². The zero-order valence-corrected chi connectivity index (χ0v) is 11.5. The van der Waals surface area contributed by atoms with Gasteiger partial charge in [0.1, 0.15) is 0 Å². The molecule has 1 atom stereocenters. The Hall–Kier alpha value is -0.970. The Labute approximate surface area is 110 Å². The van der Waals surface area contributed by atoms with Crippen LogP contribution in [0.5, 0.6) is 0 Å². The highest BCUT2D eigenvalue weighted by Gasteiger charge is 2.09. The Morgan fingerprint density at radius 1 is 1.39 bits per heavy atom. The van der Waals surface area contributed by atoms with Crippen molar-refractivity contribution >= 4 is 0 Å². The summed E-state index contributed by atoms with van der Waals surface area (Å²) < 4.78 is 5.04. The molecule has 0 bridgehead atoms. The van der Waals surface area contributed by atoms with Crippen LogP contribution < -0.4 is 5.73 Å². The van der Waals surface area contributed by atoms with Gasteiger partial charge >= 0.3 is 0 Å². The average molecular weight is 251 g/mol. The van der Waals surface area contributed by atoms with Crippen LogP contribution in [-0.2, 0) is 11.3 Å². The Balaban J connectivity index is 2.32. The first kappa shape index (κ1) is 15.1. The van der Waals surface area contributed by atoms with Gasteiger partial charge in [0.15, 0.2) is 0 Å². The van der Waals surface area contributed by atoms with E-state index in [2.05, 4.69) is 28.9 Å². The molecule has 0 saturated carbocycles. The van der Waals surface area contributed by atoms with Crippen molar-refractivity contribution in [2.45, 2.75) is 32.4 Å². The van der Waals surface area contributed by atoms with Crippen LogP contribution >= 0.6 is 0 Å². The van der Waals surface area contributed by atoms with E-state index in [9.17, 15) is 0 Å². The summed E-state index contributed by atoms with van der Waals surface area (Å²) in [6.45, 7) is 5.85. The van der Waals surface area contributed by atoms with E-state index < -0.39 is 0 Å². The molecule has 1 aromatic heterocycles. The van der Waals surface area contributed by atoms with Gasteiger partial charge in [-0.3, -0.25) is 9.88 Å². The van der Waals surface area contributed by atoms with Crippen LogP contribution in [0.2, 0.25) is 0 Å². The number of ether oxygens (including phenoxy) is 1. The van der Waals surface area contributed by atoms with Crippen LogP contribution in [0.25, 0.3) is 0 Å². The summed E-state index contributed by atoms with van der Waals surface area (Å²) in [5.74, 6) is 0. The lowest BCUT2D eigenvalue weighted by atomic mass is 10.1. The van der Waals surface area contributed by atoms with Crippen molar-refractivity contribution in [1.29, 1.82) is 0 Å². The van der Waals surface area contributed by atoms with Crippen LogP contribution in [0.15, 0.2) is 24.5 Å². The molecule has 2 N–H and O–H groups in total. The molecule has 0 aliphatic rings. The number of hydrogen-bond acceptors (Lipinski definition) is 4. The highest BCUT2D eigenvalue weighted by molar-refractivity contribution is 5.09. The Morgan fingerprint density at radius 2 is 2.11 bits per heavy atom. The first-order valence-corrected chi connectivity index (χ1v) is 6.62. The Morgan fingerprint density at radius 3 is 2.72 bits per heavy atom. The molecule has 0 aromatic carbocycles. The highest BCUT2D eigenvalue weighted by atomic mass is 16.5. The van der Waals surface area contributed by atoms with Crippen LogP contribution in [0.3, 0.4) is 0 Å². The smallest absolute Gasteiger partial charge is 0.0462 e. The van der Waals surface area contributed by atoms with Gasteiger partial charge in [0.05, 0.1) is 0 Å². The SMILES string of the molecule is CCN(Cc1ccncc1)CC(N)CCCOC. The molecule has 18 heavy (non-hydrogen) atoms. The van der Waals surface area contributed by atoms with Gasteiger partial charge in [-0.1, -0.05) is 6.92 Å². The molecular weight excluding hydrogens is 226 g/mol. The number of likely N-dealkylation sites (N-methyl/N-ethyl adjacent to an activating group) is 1. The lowest BCUT2D eigenvalue weighted by Crippen LogP contribution is -2.37. The molecule has 1 rings (SSSR count). The maximum Gasteiger partial charge on any atom is 0.0462 e. The molecule has 4 heteroatoms. The van der Waals surface area contributed by atoms with Gasteiger partial charge < -0.3 is 10.5 Å². The lowest BCUT2D eigenvalue weighted by molar-refractivity contribution is 0.185. The van der Waals surface area contributed by atoms with E-state index in [1.165, 1.54) is 5.56 Å². The van der Waals surface area contributed by atoms with Crippen LogP contribution in [0.4, 0.5) is 0 Å². The molecule has 0 saturated heterocycles. The number of nitrogens with zero attached hydrogens (tertiary/aromatic N) is 2. The number of rotatable bonds is 9. The Bertz CT molecular complexity index is 305. The van der Waals surface area contributed by atoms with E-state index >= 15 is 0 Å². The van der Waals surface area contributed by atoms with Gasteiger partial charge in [-0.25, -0.2) is 0 Å². The molecule has 0 aliphatic carbocycles. The lowest BCUT2D eigenvalue weighted by Gasteiger charge is -2.24. The highest BCUT2D eigenvalue weighted by Crippen LogP contribution is 2.05. The summed E-state index contributed by atoms with van der Waals surface area (Å²) in [5, 5.41) is 0. The van der Waals surface area contributed by atoms with E-state index in [0.717, 1.165) is 39.1 Å². The second kappa shape index (κ2) is 9.03. The minimum Gasteiger partial charge on any atom is -0.385 e. The van der Waals surface area contributed by atoms with Crippen molar-refractivity contribution in [1.82, 2.24) is 9.88 Å². The standard InChI is InChI=1S/C14H25N3O/c1-3-17(11-13-6-8-16-9-7-13)12-14(15)5-4-10-18-2/h6-9,14H,3-5,10-12,15H2,1-2H3. The summed E-state index contributed by atoms with van der Waals surface area (Å²) in [6, 6.07) is 4.33. The number of nitrogens with two attached hydrogens (primary N) is 1. The van der Waals surface area contributed by atoms with E-state index in [-0.39, 0.29) is 6.04 Å². The predicted octanol–water partition coefficient (Wildman–Crippen LogP) is 1.66. The normalized spacial score (nSPS) is 12.9. The minimum atomic E-state index is 0.224. The second-order valence-electron chi connectivity index (χ2n) is 4.58. The monoisotopic (exact) mass is 251 g/mol. The summed E-state index contributed by atoms with van der Waals surface area (Å²) >= 11 is 0. The van der Waals surface area contributed by atoms with Gasteiger partial charge in [-0.15, -0.1) is 0 Å². The third-order valence-electron chi connectivity index (χ3n) is 3.02. The minimum absolute atomic E-state index is 0.224. The zero-order chi connectivity index (χ0) is 13.2. The van der Waals surface area contributed by atoms with Crippen LogP contribution in [-0.4, -0.2) is 42.7 Å². The maximum atomic E-state index is 6.14. The summed E-state index contributed by atoms with van der Waals surface area (Å²) in [6.07, 6.45) is 5.72. The topological polar surface area (TPSA) is 51.4 Å². The van der Waals surface area contributed by atoms with Crippen molar-refractivity contribution in [3.8, 4) is 0 Å². The number of hydrogen-bond donors (Lipinski definition) is 1. The molecule has 1 heterocycles. The summed E-state index contributed by atoms with van der Waals surface area (Å²) in [4.78, 5) is 6.40. The molecule has 4 nitrogen and oxygen atoms in total. The second-order valence-corrected chi connectivity index (χ2v) is 4.58. The fraction of sp³-hybridized carbons (Fsp3) is 0.643. The number of methoxy groups -OCH3 is 1. The van der Waals surface area contributed by atoms with Crippen molar-refractivity contribution in [3.05, 3.63) is 30.1 Å². The molecular formula is C14H25N3O. The van der Waals surface area contributed by atoms with E-state index in [4.69, 9.17) is 10.5 Å². The third-order valence-corrected chi connectivity index (χ3v) is 3.02. The molecule has 1 unspecified atom stereocenters. The number of pyridine rings is 1. The summed E-state index contributed by atoms with van der Waals surface area (Å²) in [7, 11) is 1.73. The van der Waals surface area contributed by atoms with Crippen molar-refractivity contribution in [2.24, 2.45) is 5.73 Å². The van der Waals surface area contributed by atoms with Gasteiger partial charge in [0.25, 0.3) is 0 Å². The van der Waals surface area contributed by atoms with Crippen LogP contribution in [0.1, 0.15) is 25.3 Å². The largest absolute Gasteiger partial charge is 0.385 e. The molecule has 102 valence electrons. The fourth-order valence-electron chi connectivity index (χ4n) is 1.96. The van der Waals surface area contributed by atoms with E-state index in [1.807, 2.05) is 12.4 Å². The molecule has 0 amide bonds. The van der Waals surface area contributed by atoms with Gasteiger partial charge in [-0.2, -0.15) is 0 Å². The third kappa shape index (κ3) is 6.10. The first-order chi connectivity index (χ1) is 8.76. The number of aromatic nitrogens is 1. The average Bonchev–Trinajstić information content (AvgIpc) is 2.39. The van der Waals surface area contributed by atoms with E-state index in [1.54, 1.807) is 7.11 Å². The van der Waals surface area contributed by atoms with E-state index in [0.29, 0.717) is 0 Å². The molecule has 1 aromatic rings. The molecule has 0 fully saturated rings. The van der Waals surface area contributed by atoms with Crippen molar-refractivity contribution in [3.63, 3.8) is 0 Å². The molecule has 0 radical (unpaired) electrons. The van der Waals surface area contributed by atoms with Gasteiger partial charge in [0.2, 0.25) is 0 Å². The maximum absolute atomic E-state index is 6.14. The van der Waals surface area contributed by atoms with Crippen LogP contribution in [0, 0.1) is 0 Å². The van der Waals surface area contributed by atoms with Crippen molar-refractivity contribution in [2.75, 3.05) is 26.8 Å². The first-order valence-electron chi connectivity index (χ1n) is 6.62. The summed E-state index contributed by atoms with van der Waals surface area (Å²) in [5.41, 5.74) is 7.42. The quantitative estimate of drug-likeness (QED) is 0.678. The van der Waals surface area contributed by atoms with Gasteiger partial charge in [-0.05, 0) is 37.1 Å². The predicted molar refractivity (Wildman–Crippen MR) is 74.3 cm³/mol.